The van der Waals surface area contributed by atoms with Crippen molar-refractivity contribution in [3.8, 4) is 6.07 Å². The van der Waals surface area contributed by atoms with Crippen molar-refractivity contribution in [2.45, 2.75) is 12.8 Å². The second-order valence-electron chi connectivity index (χ2n) is 3.06. The third-order valence-corrected chi connectivity index (χ3v) is 2.26. The van der Waals surface area contributed by atoms with Crippen molar-refractivity contribution < 1.29 is 5.11 Å². The Labute approximate surface area is 67.2 Å². The molecule has 0 aromatic rings. The highest BCUT2D eigenvalue weighted by Crippen LogP contribution is 2.15. The molecule has 0 saturated carbocycles. The maximum Gasteiger partial charge on any atom is 0.0865 e. The van der Waals surface area contributed by atoms with Gasteiger partial charge in [-0.05, 0) is 31.8 Å². The van der Waals surface area contributed by atoms with Crippen molar-refractivity contribution in [1.82, 2.24) is 4.90 Å². The molecule has 1 N–H and O–H groups in total. The summed E-state index contributed by atoms with van der Waals surface area (Å²) in [5, 5.41) is 17.2. The van der Waals surface area contributed by atoms with Crippen LogP contribution in [0.15, 0.2) is 0 Å². The van der Waals surface area contributed by atoms with Crippen LogP contribution >= 0.6 is 0 Å². The van der Waals surface area contributed by atoms with Gasteiger partial charge in [-0.25, -0.2) is 0 Å². The molecule has 1 heterocycles. The summed E-state index contributed by atoms with van der Waals surface area (Å²) in [6.45, 7) is 2.79. The maximum absolute atomic E-state index is 8.82. The monoisotopic (exact) mass is 154 g/mol. The van der Waals surface area contributed by atoms with Crippen LogP contribution < -0.4 is 0 Å². The van der Waals surface area contributed by atoms with Gasteiger partial charge in [-0.3, -0.25) is 4.90 Å². The van der Waals surface area contributed by atoms with Gasteiger partial charge in [0.05, 0.1) is 12.6 Å². The minimum absolute atomic E-state index is 0.306. The van der Waals surface area contributed by atoms with E-state index in [0.717, 1.165) is 25.9 Å². The SMILES string of the molecule is N#CCN1CCC(CO)CC1. The molecule has 0 spiro atoms. The first-order valence-electron chi connectivity index (χ1n) is 4.07. The Balaban J connectivity index is 2.20. The highest BCUT2D eigenvalue weighted by Gasteiger charge is 2.17. The molecule has 0 unspecified atom stereocenters. The standard InChI is InChI=1S/C8H14N2O/c9-3-6-10-4-1-8(7-11)2-5-10/h8,11H,1-2,4-7H2. The molecule has 3 nitrogen and oxygen atoms in total. The number of aliphatic hydroxyl groups excluding tert-OH is 1. The summed E-state index contributed by atoms with van der Waals surface area (Å²) >= 11 is 0. The Morgan fingerprint density at radius 1 is 1.45 bits per heavy atom. The fourth-order valence-corrected chi connectivity index (χ4v) is 1.43. The third kappa shape index (κ3) is 2.49. The first-order chi connectivity index (χ1) is 5.36. The molecule has 1 aliphatic heterocycles. The minimum Gasteiger partial charge on any atom is -0.396 e. The van der Waals surface area contributed by atoms with Crippen molar-refractivity contribution in [3.63, 3.8) is 0 Å². The van der Waals surface area contributed by atoms with E-state index in [9.17, 15) is 0 Å². The van der Waals surface area contributed by atoms with Gasteiger partial charge < -0.3 is 5.11 Å². The van der Waals surface area contributed by atoms with E-state index in [1.807, 2.05) is 0 Å². The predicted molar refractivity (Wildman–Crippen MR) is 41.9 cm³/mol. The van der Waals surface area contributed by atoms with Crippen LogP contribution in [0.5, 0.6) is 0 Å². The summed E-state index contributed by atoms with van der Waals surface area (Å²) in [4.78, 5) is 2.13. The van der Waals surface area contributed by atoms with Crippen LogP contribution in [0.4, 0.5) is 0 Å². The van der Waals surface area contributed by atoms with E-state index in [0.29, 0.717) is 19.1 Å². The van der Waals surface area contributed by atoms with Gasteiger partial charge in [0.25, 0.3) is 0 Å². The van der Waals surface area contributed by atoms with Crippen LogP contribution in [0, 0.1) is 17.2 Å². The fraction of sp³-hybridized carbons (Fsp3) is 0.875. The molecule has 1 saturated heterocycles. The Bertz CT molecular complexity index is 145. The van der Waals surface area contributed by atoms with Crippen molar-refractivity contribution in [2.24, 2.45) is 5.92 Å². The zero-order chi connectivity index (χ0) is 8.10. The zero-order valence-corrected chi connectivity index (χ0v) is 6.66. The van der Waals surface area contributed by atoms with E-state index < -0.39 is 0 Å². The van der Waals surface area contributed by atoms with Crippen molar-refractivity contribution >= 4 is 0 Å². The second kappa shape index (κ2) is 4.32. The molecule has 62 valence electrons. The highest BCUT2D eigenvalue weighted by atomic mass is 16.3. The van der Waals surface area contributed by atoms with Gasteiger partial charge in [0, 0.05) is 6.61 Å². The van der Waals surface area contributed by atoms with Crippen LogP contribution in [-0.2, 0) is 0 Å². The van der Waals surface area contributed by atoms with Crippen molar-refractivity contribution in [3.05, 3.63) is 0 Å². The molecule has 0 aliphatic carbocycles. The largest absolute Gasteiger partial charge is 0.396 e. The predicted octanol–water partition coefficient (Wildman–Crippen LogP) is 0.214. The Kier molecular flexibility index (Phi) is 3.34. The Morgan fingerprint density at radius 2 is 2.09 bits per heavy atom. The summed E-state index contributed by atoms with van der Waals surface area (Å²) in [5.74, 6) is 0.477. The van der Waals surface area contributed by atoms with E-state index in [-0.39, 0.29) is 0 Å². The minimum atomic E-state index is 0.306. The van der Waals surface area contributed by atoms with Crippen LogP contribution in [-0.4, -0.2) is 36.2 Å². The summed E-state index contributed by atoms with van der Waals surface area (Å²) in [6.07, 6.45) is 2.08. The lowest BCUT2D eigenvalue weighted by atomic mass is 9.98. The number of rotatable bonds is 2. The molecule has 1 fully saturated rings. The molecular weight excluding hydrogens is 140 g/mol. The van der Waals surface area contributed by atoms with Crippen LogP contribution in [0.2, 0.25) is 0 Å². The fourth-order valence-electron chi connectivity index (χ4n) is 1.43. The molecule has 0 aromatic heterocycles. The smallest absolute Gasteiger partial charge is 0.0865 e. The number of nitriles is 1. The van der Waals surface area contributed by atoms with Gasteiger partial charge in [0.1, 0.15) is 0 Å². The average Bonchev–Trinajstić information content (AvgIpc) is 2.07. The summed E-state index contributed by atoms with van der Waals surface area (Å²) < 4.78 is 0. The van der Waals surface area contributed by atoms with Crippen LogP contribution in [0.3, 0.4) is 0 Å². The summed E-state index contributed by atoms with van der Waals surface area (Å²) in [6, 6.07) is 2.13. The van der Waals surface area contributed by atoms with E-state index in [4.69, 9.17) is 10.4 Å². The van der Waals surface area contributed by atoms with Gasteiger partial charge in [-0.2, -0.15) is 5.26 Å². The molecule has 0 bridgehead atoms. The summed E-state index contributed by atoms with van der Waals surface area (Å²) in [7, 11) is 0. The quantitative estimate of drug-likeness (QED) is 0.578. The van der Waals surface area contributed by atoms with Crippen molar-refractivity contribution in [1.29, 1.82) is 5.26 Å². The number of aliphatic hydroxyl groups is 1. The molecule has 0 radical (unpaired) electrons. The number of nitrogens with zero attached hydrogens (tertiary/aromatic N) is 2. The lowest BCUT2D eigenvalue weighted by molar-refractivity contribution is 0.140. The van der Waals surface area contributed by atoms with Gasteiger partial charge in [0.2, 0.25) is 0 Å². The lowest BCUT2D eigenvalue weighted by Crippen LogP contribution is -2.34. The molecule has 1 rings (SSSR count). The number of hydrogen-bond donors (Lipinski definition) is 1. The summed E-state index contributed by atoms with van der Waals surface area (Å²) in [5.41, 5.74) is 0. The maximum atomic E-state index is 8.82. The highest BCUT2D eigenvalue weighted by molar-refractivity contribution is 4.80. The van der Waals surface area contributed by atoms with E-state index in [1.165, 1.54) is 0 Å². The number of hydrogen-bond acceptors (Lipinski definition) is 3. The normalized spacial score (nSPS) is 21.5. The first-order valence-corrected chi connectivity index (χ1v) is 4.07. The van der Waals surface area contributed by atoms with E-state index in [2.05, 4.69) is 11.0 Å². The molecule has 11 heavy (non-hydrogen) atoms. The molecule has 0 atom stereocenters. The van der Waals surface area contributed by atoms with Gasteiger partial charge in [-0.1, -0.05) is 0 Å². The van der Waals surface area contributed by atoms with Gasteiger partial charge in [-0.15, -0.1) is 0 Å². The first kappa shape index (κ1) is 8.51. The van der Waals surface area contributed by atoms with Gasteiger partial charge in [0.15, 0.2) is 0 Å². The van der Waals surface area contributed by atoms with E-state index >= 15 is 0 Å². The topological polar surface area (TPSA) is 47.3 Å². The average molecular weight is 154 g/mol. The number of piperidine rings is 1. The van der Waals surface area contributed by atoms with Crippen molar-refractivity contribution in [2.75, 3.05) is 26.2 Å². The molecule has 3 heteroatoms. The van der Waals surface area contributed by atoms with Crippen LogP contribution in [0.25, 0.3) is 0 Å². The molecular formula is C8H14N2O. The third-order valence-electron chi connectivity index (χ3n) is 2.26. The molecule has 0 aromatic carbocycles. The Hall–Kier alpha value is -0.590. The molecule has 1 aliphatic rings. The zero-order valence-electron chi connectivity index (χ0n) is 6.66. The number of likely N-dealkylation sites (tertiary alicyclic amines) is 1. The lowest BCUT2D eigenvalue weighted by Gasteiger charge is -2.28. The Morgan fingerprint density at radius 3 is 2.55 bits per heavy atom. The van der Waals surface area contributed by atoms with Crippen LogP contribution in [0.1, 0.15) is 12.8 Å². The van der Waals surface area contributed by atoms with Gasteiger partial charge >= 0.3 is 0 Å². The molecule has 0 amide bonds. The van der Waals surface area contributed by atoms with E-state index in [1.54, 1.807) is 0 Å². The second-order valence-corrected chi connectivity index (χ2v) is 3.06.